The second-order valence-corrected chi connectivity index (χ2v) is 17.7. The number of para-hydroxylation sites is 3. The molecule has 0 bridgehead atoms. The van der Waals surface area contributed by atoms with Crippen molar-refractivity contribution >= 4 is 43.6 Å². The van der Waals surface area contributed by atoms with Crippen molar-refractivity contribution in [3.63, 3.8) is 0 Å². The van der Waals surface area contributed by atoms with E-state index in [0.29, 0.717) is 0 Å². The molecule has 11 aromatic carbocycles. The normalized spacial score (nSPS) is 11.5. The van der Waals surface area contributed by atoms with Crippen LogP contribution < -0.4 is 0 Å². The number of aromatic nitrogens is 2. The molecule has 0 amide bonds. The second-order valence-electron chi connectivity index (χ2n) is 17.7. The van der Waals surface area contributed by atoms with E-state index in [0.717, 1.165) is 11.4 Å². The molecule has 13 aromatic rings. The monoisotopic (exact) mass is 864 g/mol. The first-order valence-electron chi connectivity index (χ1n) is 23.4. The molecule has 0 aliphatic heterocycles. The average molecular weight is 865 g/mol. The molecular weight excluding hydrogens is 821 g/mol. The standard InChI is InChI=1S/C66H44N2/c1-3-16-45(17-4-1)49-20-13-22-51(40-49)52-23-14-21-50(41-52)47-32-34-48(35-33-47)57-26-7-10-29-62(57)68-64-31-12-9-28-59(64)61-44-55(37-39-66(61)68)54-36-38-65-60(43-54)58-27-8-11-30-63(58)67(65)56-25-15-24-53(42-56)46-18-5-2-6-19-46/h1-44H. The van der Waals surface area contributed by atoms with E-state index >= 15 is 0 Å². The fraction of sp³-hybridized carbons (Fsp3) is 0. The van der Waals surface area contributed by atoms with E-state index in [1.54, 1.807) is 0 Å². The third-order valence-electron chi connectivity index (χ3n) is 13.7. The van der Waals surface area contributed by atoms with Gasteiger partial charge in [0.25, 0.3) is 0 Å². The van der Waals surface area contributed by atoms with E-state index in [-0.39, 0.29) is 0 Å². The van der Waals surface area contributed by atoms with Gasteiger partial charge in [0.05, 0.1) is 27.8 Å². The van der Waals surface area contributed by atoms with Gasteiger partial charge in [-0.2, -0.15) is 0 Å². The van der Waals surface area contributed by atoms with Crippen LogP contribution in [0.15, 0.2) is 267 Å². The Balaban J connectivity index is 0.860. The van der Waals surface area contributed by atoms with E-state index in [1.165, 1.54) is 110 Å². The highest BCUT2D eigenvalue weighted by Gasteiger charge is 2.18. The average Bonchev–Trinajstić information content (AvgIpc) is 3.94. The maximum atomic E-state index is 2.45. The summed E-state index contributed by atoms with van der Waals surface area (Å²) in [5.74, 6) is 0. The van der Waals surface area contributed by atoms with Crippen molar-refractivity contribution in [1.29, 1.82) is 0 Å². The lowest BCUT2D eigenvalue weighted by Gasteiger charge is -2.15. The summed E-state index contributed by atoms with van der Waals surface area (Å²) in [4.78, 5) is 0. The van der Waals surface area contributed by atoms with Gasteiger partial charge in [-0.1, -0.05) is 200 Å². The summed E-state index contributed by atoms with van der Waals surface area (Å²) >= 11 is 0. The molecule has 13 rings (SSSR count). The number of benzene rings is 11. The zero-order valence-electron chi connectivity index (χ0n) is 37.3. The molecule has 0 spiro atoms. The largest absolute Gasteiger partial charge is 0.309 e. The van der Waals surface area contributed by atoms with E-state index in [4.69, 9.17) is 0 Å². The Morgan fingerprint density at radius 3 is 1.15 bits per heavy atom. The van der Waals surface area contributed by atoms with Gasteiger partial charge >= 0.3 is 0 Å². The van der Waals surface area contributed by atoms with E-state index in [1.807, 2.05) is 0 Å². The number of hydrogen-bond acceptors (Lipinski definition) is 0. The number of rotatable bonds is 8. The Morgan fingerprint density at radius 1 is 0.191 bits per heavy atom. The highest BCUT2D eigenvalue weighted by Crippen LogP contribution is 2.41. The van der Waals surface area contributed by atoms with Crippen molar-refractivity contribution in [2.45, 2.75) is 0 Å². The van der Waals surface area contributed by atoms with Gasteiger partial charge in [0.15, 0.2) is 0 Å². The molecule has 2 heteroatoms. The Bertz CT molecular complexity index is 4000. The molecule has 0 unspecified atom stereocenters. The summed E-state index contributed by atoms with van der Waals surface area (Å²) in [5, 5.41) is 4.96. The van der Waals surface area contributed by atoms with Gasteiger partial charge in [0, 0.05) is 32.8 Å². The summed E-state index contributed by atoms with van der Waals surface area (Å²) in [6, 6.07) is 97.3. The topological polar surface area (TPSA) is 9.86 Å². The minimum Gasteiger partial charge on any atom is -0.309 e. The highest BCUT2D eigenvalue weighted by molar-refractivity contribution is 6.13. The lowest BCUT2D eigenvalue weighted by Crippen LogP contribution is -1.97. The molecule has 2 nitrogen and oxygen atoms in total. The van der Waals surface area contributed by atoms with Crippen LogP contribution in [0.1, 0.15) is 0 Å². The molecule has 0 radical (unpaired) electrons. The van der Waals surface area contributed by atoms with Gasteiger partial charge in [-0.15, -0.1) is 0 Å². The maximum Gasteiger partial charge on any atom is 0.0541 e. The lowest BCUT2D eigenvalue weighted by atomic mass is 9.95. The molecule has 0 saturated heterocycles. The minimum atomic E-state index is 1.15. The summed E-state index contributed by atoms with van der Waals surface area (Å²) in [6.45, 7) is 0. The molecule has 0 N–H and O–H groups in total. The van der Waals surface area contributed by atoms with Crippen LogP contribution in [0.3, 0.4) is 0 Å². The van der Waals surface area contributed by atoms with Crippen LogP contribution in [-0.2, 0) is 0 Å². The van der Waals surface area contributed by atoms with Crippen LogP contribution in [0.4, 0.5) is 0 Å². The Kier molecular flexibility index (Phi) is 9.54. The predicted octanol–water partition coefficient (Wildman–Crippen LogP) is 17.9. The first-order valence-corrected chi connectivity index (χ1v) is 23.4. The number of hydrogen-bond donors (Lipinski definition) is 0. The van der Waals surface area contributed by atoms with Crippen molar-refractivity contribution in [3.05, 3.63) is 267 Å². The van der Waals surface area contributed by atoms with Crippen molar-refractivity contribution in [1.82, 2.24) is 9.13 Å². The Hall–Kier alpha value is -8.98. The van der Waals surface area contributed by atoms with Crippen molar-refractivity contribution in [2.24, 2.45) is 0 Å². The smallest absolute Gasteiger partial charge is 0.0541 e. The zero-order valence-corrected chi connectivity index (χ0v) is 37.3. The number of fused-ring (bicyclic) bond motifs is 6. The summed E-state index contributed by atoms with van der Waals surface area (Å²) in [5.41, 5.74) is 21.5. The molecule has 0 atom stereocenters. The molecule has 318 valence electrons. The summed E-state index contributed by atoms with van der Waals surface area (Å²) in [6.07, 6.45) is 0. The molecule has 0 saturated carbocycles. The van der Waals surface area contributed by atoms with Gasteiger partial charge in [-0.05, 0) is 128 Å². The fourth-order valence-electron chi connectivity index (χ4n) is 10.4. The fourth-order valence-corrected chi connectivity index (χ4v) is 10.4. The van der Waals surface area contributed by atoms with Crippen molar-refractivity contribution < 1.29 is 0 Å². The van der Waals surface area contributed by atoms with E-state index in [2.05, 4.69) is 276 Å². The maximum absolute atomic E-state index is 2.45. The highest BCUT2D eigenvalue weighted by atomic mass is 15.0. The van der Waals surface area contributed by atoms with Crippen LogP contribution >= 0.6 is 0 Å². The molecule has 2 heterocycles. The lowest BCUT2D eigenvalue weighted by molar-refractivity contribution is 1.18. The first-order chi connectivity index (χ1) is 33.7. The Morgan fingerprint density at radius 2 is 0.559 bits per heavy atom. The van der Waals surface area contributed by atoms with Crippen LogP contribution in [-0.4, -0.2) is 9.13 Å². The van der Waals surface area contributed by atoms with E-state index in [9.17, 15) is 0 Å². The molecular formula is C66H44N2. The van der Waals surface area contributed by atoms with Gasteiger partial charge in [0.2, 0.25) is 0 Å². The molecule has 0 aliphatic carbocycles. The van der Waals surface area contributed by atoms with Crippen LogP contribution in [0.2, 0.25) is 0 Å². The van der Waals surface area contributed by atoms with Crippen LogP contribution in [0.25, 0.3) is 122 Å². The third-order valence-corrected chi connectivity index (χ3v) is 13.7. The quantitative estimate of drug-likeness (QED) is 0.144. The molecule has 68 heavy (non-hydrogen) atoms. The predicted molar refractivity (Wildman–Crippen MR) is 288 cm³/mol. The van der Waals surface area contributed by atoms with E-state index < -0.39 is 0 Å². The van der Waals surface area contributed by atoms with Crippen LogP contribution in [0, 0.1) is 0 Å². The zero-order chi connectivity index (χ0) is 45.0. The van der Waals surface area contributed by atoms with Gasteiger partial charge in [0.1, 0.15) is 0 Å². The van der Waals surface area contributed by atoms with Crippen molar-refractivity contribution in [2.75, 3.05) is 0 Å². The third kappa shape index (κ3) is 6.82. The van der Waals surface area contributed by atoms with Gasteiger partial charge < -0.3 is 9.13 Å². The molecule has 2 aromatic heterocycles. The molecule has 0 aliphatic rings. The Labute approximate surface area is 395 Å². The second kappa shape index (κ2) is 16.5. The SMILES string of the molecule is c1ccc(-c2cccc(-c3cccc(-c4ccc(-c5ccccc5-n5c6ccccc6c6cc(-c7ccc8c(c7)c7ccccc7n8-c7cccc(-c8ccccc8)c7)ccc65)cc4)c3)c2)cc1. The van der Waals surface area contributed by atoms with Gasteiger partial charge in [-0.3, -0.25) is 0 Å². The summed E-state index contributed by atoms with van der Waals surface area (Å²) < 4.78 is 4.86. The molecule has 0 fully saturated rings. The summed E-state index contributed by atoms with van der Waals surface area (Å²) in [7, 11) is 0. The first kappa shape index (κ1) is 39.4. The number of nitrogens with zero attached hydrogens (tertiary/aromatic N) is 2. The minimum absolute atomic E-state index is 1.15. The van der Waals surface area contributed by atoms with Crippen LogP contribution in [0.5, 0.6) is 0 Å². The van der Waals surface area contributed by atoms with Crippen molar-refractivity contribution in [3.8, 4) is 78.1 Å². The van der Waals surface area contributed by atoms with Gasteiger partial charge in [-0.25, -0.2) is 0 Å².